The van der Waals surface area contributed by atoms with Crippen LogP contribution in [0.4, 0.5) is 0 Å². The van der Waals surface area contributed by atoms with E-state index in [-0.39, 0.29) is 0 Å². The van der Waals surface area contributed by atoms with Gasteiger partial charge in [0.25, 0.3) is 0 Å². The lowest BCUT2D eigenvalue weighted by molar-refractivity contribution is 0.186. The average Bonchev–Trinajstić information content (AvgIpc) is 3.48. The van der Waals surface area contributed by atoms with Crippen LogP contribution in [0.3, 0.4) is 0 Å². The number of methoxy groups -OCH3 is 1. The molecule has 3 aromatic heterocycles. The molecule has 29 heavy (non-hydrogen) atoms. The summed E-state index contributed by atoms with van der Waals surface area (Å²) in [4.78, 5) is 9.05. The van der Waals surface area contributed by atoms with E-state index in [1.54, 1.807) is 7.11 Å². The summed E-state index contributed by atoms with van der Waals surface area (Å²) >= 11 is 0. The number of ether oxygens (including phenoxy) is 1. The van der Waals surface area contributed by atoms with Gasteiger partial charge in [-0.15, -0.1) is 6.58 Å². The highest BCUT2D eigenvalue weighted by molar-refractivity contribution is 5.78. The Balaban J connectivity index is 1.75. The van der Waals surface area contributed by atoms with E-state index in [9.17, 15) is 0 Å². The molecule has 0 N–H and O–H groups in total. The fourth-order valence-corrected chi connectivity index (χ4v) is 3.38. The van der Waals surface area contributed by atoms with Gasteiger partial charge in [-0.1, -0.05) is 36.4 Å². The van der Waals surface area contributed by atoms with Crippen LogP contribution in [0.25, 0.3) is 22.5 Å². The Morgan fingerprint density at radius 2 is 1.93 bits per heavy atom. The van der Waals surface area contributed by atoms with Crippen molar-refractivity contribution < 1.29 is 4.74 Å². The molecular weight excluding hydrogens is 364 g/mol. The minimum absolute atomic E-state index is 0.643. The first kappa shape index (κ1) is 18.9. The molecule has 0 aliphatic heterocycles. The lowest BCUT2D eigenvalue weighted by Crippen LogP contribution is -2.10. The fraction of sp³-hybridized carbons (Fsp3) is 0.227. The lowest BCUT2D eigenvalue weighted by Gasteiger charge is -2.11. The molecule has 7 heteroatoms. The molecule has 0 atom stereocenters. The molecule has 1 aromatic carbocycles. The molecule has 0 amide bonds. The van der Waals surface area contributed by atoms with E-state index in [0.717, 1.165) is 34.8 Å². The molecule has 0 saturated carbocycles. The highest BCUT2D eigenvalue weighted by Gasteiger charge is 2.17. The molecular formula is C22H24N6O. The number of aromatic nitrogens is 6. The van der Waals surface area contributed by atoms with Crippen LogP contribution < -0.4 is 0 Å². The molecule has 0 radical (unpaired) electrons. The van der Waals surface area contributed by atoms with Crippen molar-refractivity contribution >= 4 is 0 Å². The van der Waals surface area contributed by atoms with Crippen molar-refractivity contribution in [3.63, 3.8) is 0 Å². The van der Waals surface area contributed by atoms with Crippen LogP contribution in [0.2, 0.25) is 0 Å². The zero-order valence-corrected chi connectivity index (χ0v) is 16.5. The van der Waals surface area contributed by atoms with Gasteiger partial charge in [-0.3, -0.25) is 4.68 Å². The summed E-state index contributed by atoms with van der Waals surface area (Å²) in [6.07, 6.45) is 11.4. The average molecular weight is 388 g/mol. The smallest absolute Gasteiger partial charge is 0.0964 e. The zero-order valence-electron chi connectivity index (χ0n) is 16.5. The molecule has 7 nitrogen and oxygen atoms in total. The third-order valence-corrected chi connectivity index (χ3v) is 4.77. The Morgan fingerprint density at radius 1 is 1.07 bits per heavy atom. The highest BCUT2D eigenvalue weighted by Crippen LogP contribution is 2.31. The number of hydrogen-bond donors (Lipinski definition) is 0. The van der Waals surface area contributed by atoms with Gasteiger partial charge in [0.05, 0.1) is 55.6 Å². The number of hydrogen-bond acceptors (Lipinski definition) is 4. The van der Waals surface area contributed by atoms with Gasteiger partial charge in [0.1, 0.15) is 0 Å². The molecule has 0 unspecified atom stereocenters. The Kier molecular flexibility index (Phi) is 5.67. The number of nitrogens with zero attached hydrogens (tertiary/aromatic N) is 6. The molecule has 0 spiro atoms. The van der Waals surface area contributed by atoms with Crippen LogP contribution in [0.1, 0.15) is 5.69 Å². The minimum Gasteiger partial charge on any atom is -0.383 e. The maximum atomic E-state index is 5.21. The third kappa shape index (κ3) is 4.05. The van der Waals surface area contributed by atoms with Crippen LogP contribution in [0.15, 0.2) is 74.2 Å². The van der Waals surface area contributed by atoms with E-state index in [0.29, 0.717) is 19.7 Å². The van der Waals surface area contributed by atoms with E-state index in [4.69, 9.17) is 9.72 Å². The van der Waals surface area contributed by atoms with Gasteiger partial charge < -0.3 is 13.9 Å². The van der Waals surface area contributed by atoms with Crippen molar-refractivity contribution in [2.24, 2.45) is 0 Å². The van der Waals surface area contributed by atoms with E-state index < -0.39 is 0 Å². The number of benzene rings is 1. The van der Waals surface area contributed by atoms with E-state index in [1.165, 1.54) is 0 Å². The maximum absolute atomic E-state index is 5.21. The number of allylic oxidation sites excluding steroid dienone is 1. The molecule has 0 saturated heterocycles. The van der Waals surface area contributed by atoms with Crippen LogP contribution in [0, 0.1) is 0 Å². The van der Waals surface area contributed by atoms with E-state index in [2.05, 4.69) is 37.9 Å². The molecule has 0 bridgehead atoms. The first-order valence-corrected chi connectivity index (χ1v) is 9.52. The Labute approximate surface area is 169 Å². The summed E-state index contributed by atoms with van der Waals surface area (Å²) in [6, 6.07) is 10.2. The molecule has 0 fully saturated rings. The predicted molar refractivity (Wildman–Crippen MR) is 112 cm³/mol. The first-order chi connectivity index (χ1) is 14.3. The van der Waals surface area contributed by atoms with Gasteiger partial charge in [-0.25, -0.2) is 9.97 Å². The quantitative estimate of drug-likeness (QED) is 0.412. The van der Waals surface area contributed by atoms with Crippen LogP contribution in [0.5, 0.6) is 0 Å². The highest BCUT2D eigenvalue weighted by atomic mass is 16.5. The molecule has 3 heterocycles. The van der Waals surface area contributed by atoms with Gasteiger partial charge >= 0.3 is 0 Å². The maximum Gasteiger partial charge on any atom is 0.0964 e. The topological polar surface area (TPSA) is 62.7 Å². The Morgan fingerprint density at radius 3 is 2.72 bits per heavy atom. The molecule has 148 valence electrons. The van der Waals surface area contributed by atoms with Gasteiger partial charge in [0.15, 0.2) is 0 Å². The van der Waals surface area contributed by atoms with E-state index >= 15 is 0 Å². The van der Waals surface area contributed by atoms with Gasteiger partial charge in [0, 0.05) is 37.2 Å². The Bertz CT molecular complexity index is 1080. The molecule has 4 aromatic rings. The van der Waals surface area contributed by atoms with Crippen LogP contribution in [-0.4, -0.2) is 42.6 Å². The summed E-state index contributed by atoms with van der Waals surface area (Å²) in [5, 5.41) is 4.46. The minimum atomic E-state index is 0.643. The largest absolute Gasteiger partial charge is 0.383 e. The second-order valence-electron chi connectivity index (χ2n) is 6.75. The standard InChI is InChI=1S/C22H24N6O/c1-3-9-28-14-19(12-25-28)22-21(18-7-5-4-6-8-18)24-17-27(22)15-20-13-23-16-26(20)10-11-29-2/h3-8,12-14,16-17H,1,9-11,15H2,2H3. The summed E-state index contributed by atoms with van der Waals surface area (Å²) in [6.45, 7) is 6.53. The van der Waals surface area contributed by atoms with Crippen molar-refractivity contribution in [3.8, 4) is 22.5 Å². The van der Waals surface area contributed by atoms with Crippen LogP contribution >= 0.6 is 0 Å². The first-order valence-electron chi connectivity index (χ1n) is 9.52. The van der Waals surface area contributed by atoms with Crippen molar-refractivity contribution in [1.82, 2.24) is 28.9 Å². The summed E-state index contributed by atoms with van der Waals surface area (Å²) < 4.78 is 11.3. The molecule has 0 aliphatic carbocycles. The van der Waals surface area contributed by atoms with Crippen molar-refractivity contribution in [2.75, 3.05) is 13.7 Å². The number of imidazole rings is 2. The van der Waals surface area contributed by atoms with Crippen molar-refractivity contribution in [2.45, 2.75) is 19.6 Å². The van der Waals surface area contributed by atoms with Crippen LogP contribution in [-0.2, 0) is 24.4 Å². The number of rotatable bonds is 9. The van der Waals surface area contributed by atoms with Gasteiger partial charge in [-0.2, -0.15) is 5.10 Å². The fourth-order valence-electron chi connectivity index (χ4n) is 3.38. The van der Waals surface area contributed by atoms with Crippen molar-refractivity contribution in [3.05, 3.63) is 79.9 Å². The van der Waals surface area contributed by atoms with Gasteiger partial charge in [-0.05, 0) is 0 Å². The molecule has 0 aliphatic rings. The molecule has 4 rings (SSSR count). The van der Waals surface area contributed by atoms with Crippen molar-refractivity contribution in [1.29, 1.82) is 0 Å². The summed E-state index contributed by atoms with van der Waals surface area (Å²) in [7, 11) is 1.71. The third-order valence-electron chi connectivity index (χ3n) is 4.77. The monoisotopic (exact) mass is 388 g/mol. The summed E-state index contributed by atoms with van der Waals surface area (Å²) in [5.41, 5.74) is 5.16. The normalized spacial score (nSPS) is 11.1. The second kappa shape index (κ2) is 8.70. The van der Waals surface area contributed by atoms with E-state index in [1.807, 2.05) is 60.2 Å². The van der Waals surface area contributed by atoms with Gasteiger partial charge in [0.2, 0.25) is 0 Å². The zero-order chi connectivity index (χ0) is 20.1. The lowest BCUT2D eigenvalue weighted by atomic mass is 10.1. The summed E-state index contributed by atoms with van der Waals surface area (Å²) in [5.74, 6) is 0. The SMILES string of the molecule is C=CCn1cc(-c2c(-c3ccccc3)ncn2Cc2cncn2CCOC)cn1. The predicted octanol–water partition coefficient (Wildman–Crippen LogP) is 3.49. The second-order valence-corrected chi connectivity index (χ2v) is 6.75. The Hall–Kier alpha value is -3.45.